The van der Waals surface area contributed by atoms with E-state index in [0.717, 1.165) is 54.6 Å². The van der Waals surface area contributed by atoms with E-state index in [0.29, 0.717) is 12.8 Å². The molecule has 0 saturated carbocycles. The van der Waals surface area contributed by atoms with Crippen molar-refractivity contribution >= 4 is 11.5 Å². The number of aromatic nitrogens is 3. The van der Waals surface area contributed by atoms with Gasteiger partial charge in [-0.15, -0.1) is 0 Å². The molecule has 0 spiro atoms. The van der Waals surface area contributed by atoms with Gasteiger partial charge in [0.05, 0.1) is 23.5 Å². The van der Waals surface area contributed by atoms with Gasteiger partial charge in [0.2, 0.25) is 0 Å². The summed E-state index contributed by atoms with van der Waals surface area (Å²) in [4.78, 5) is 16.6. The summed E-state index contributed by atoms with van der Waals surface area (Å²) < 4.78 is 17.1. The average Bonchev–Trinajstić information content (AvgIpc) is 3.20. The van der Waals surface area contributed by atoms with Crippen LogP contribution in [0.4, 0.5) is 10.2 Å². The monoisotopic (exact) mass is 422 g/mol. The molecule has 0 aliphatic carbocycles. The Labute approximate surface area is 183 Å². The Kier molecular flexibility index (Phi) is 5.40. The molecule has 164 valence electrons. The van der Waals surface area contributed by atoms with Crippen LogP contribution in [-0.4, -0.2) is 70.6 Å². The fourth-order valence-electron chi connectivity index (χ4n) is 5.08. The third kappa shape index (κ3) is 3.81. The predicted octanol–water partition coefficient (Wildman–Crippen LogP) is 3.64. The van der Waals surface area contributed by atoms with E-state index in [1.54, 1.807) is 6.20 Å². The van der Waals surface area contributed by atoms with Gasteiger partial charge in [0, 0.05) is 38.6 Å². The van der Waals surface area contributed by atoms with E-state index >= 15 is 0 Å². The number of alkyl halides is 1. The van der Waals surface area contributed by atoms with Crippen molar-refractivity contribution in [1.82, 2.24) is 24.2 Å². The summed E-state index contributed by atoms with van der Waals surface area (Å²) in [7, 11) is 4.25. The Balaban J connectivity index is 1.48. The molecule has 2 aliphatic heterocycles. The van der Waals surface area contributed by atoms with Crippen molar-refractivity contribution in [2.45, 2.75) is 38.0 Å². The van der Waals surface area contributed by atoms with Crippen LogP contribution in [0.5, 0.6) is 0 Å². The quantitative estimate of drug-likeness (QED) is 0.645. The molecule has 31 heavy (non-hydrogen) atoms. The fraction of sp³-hybridized carbons (Fsp3) is 0.500. The first-order valence-corrected chi connectivity index (χ1v) is 11.2. The summed E-state index contributed by atoms with van der Waals surface area (Å²) in [5.41, 5.74) is 3.94. The number of aryl methyl sites for hydroxylation is 1. The highest BCUT2D eigenvalue weighted by Gasteiger charge is 2.37. The van der Waals surface area contributed by atoms with Crippen molar-refractivity contribution in [1.29, 1.82) is 0 Å². The number of imidazole rings is 1. The van der Waals surface area contributed by atoms with Gasteiger partial charge in [0.1, 0.15) is 17.6 Å². The highest BCUT2D eigenvalue weighted by Crippen LogP contribution is 2.41. The Bertz CT molecular complexity index is 1060. The molecular weight excluding hydrogens is 391 g/mol. The van der Waals surface area contributed by atoms with Crippen LogP contribution < -0.4 is 4.90 Å². The van der Waals surface area contributed by atoms with E-state index in [1.807, 2.05) is 12.1 Å². The number of halogens is 1. The van der Waals surface area contributed by atoms with Crippen LogP contribution >= 0.6 is 0 Å². The van der Waals surface area contributed by atoms with Crippen LogP contribution in [-0.2, 0) is 0 Å². The maximum Gasteiger partial charge on any atom is 0.138 e. The lowest BCUT2D eigenvalue weighted by molar-refractivity contribution is 0.0536. The first-order valence-electron chi connectivity index (χ1n) is 11.2. The van der Waals surface area contributed by atoms with Crippen molar-refractivity contribution in [3.63, 3.8) is 0 Å². The molecule has 7 heteroatoms. The molecule has 3 aromatic heterocycles. The van der Waals surface area contributed by atoms with Gasteiger partial charge in [-0.25, -0.2) is 9.37 Å². The van der Waals surface area contributed by atoms with Crippen LogP contribution in [0.25, 0.3) is 5.65 Å². The highest BCUT2D eigenvalue weighted by atomic mass is 19.1. The number of fused-ring (bicyclic) bond motifs is 1. The van der Waals surface area contributed by atoms with E-state index in [9.17, 15) is 4.39 Å². The normalized spacial score (nSPS) is 25.9. The van der Waals surface area contributed by atoms with Crippen LogP contribution in [0.3, 0.4) is 0 Å². The van der Waals surface area contributed by atoms with E-state index in [4.69, 9.17) is 4.98 Å². The molecule has 0 amide bonds. The van der Waals surface area contributed by atoms with Gasteiger partial charge in [-0.1, -0.05) is 12.1 Å². The smallest absolute Gasteiger partial charge is 0.138 e. The third-order valence-electron chi connectivity index (χ3n) is 6.96. The molecule has 0 aromatic carbocycles. The molecule has 5 rings (SSSR count). The lowest BCUT2D eigenvalue weighted by Crippen LogP contribution is -2.45. The summed E-state index contributed by atoms with van der Waals surface area (Å²) in [5, 5.41) is 0. The van der Waals surface area contributed by atoms with Crippen LogP contribution in [0.2, 0.25) is 0 Å². The van der Waals surface area contributed by atoms with E-state index in [1.165, 1.54) is 0 Å². The maximum atomic E-state index is 14.9. The molecule has 0 unspecified atom stereocenters. The predicted molar refractivity (Wildman–Crippen MR) is 121 cm³/mol. The summed E-state index contributed by atoms with van der Waals surface area (Å²) in [6, 6.07) is 10.1. The summed E-state index contributed by atoms with van der Waals surface area (Å²) >= 11 is 0. The van der Waals surface area contributed by atoms with Gasteiger partial charge in [0.15, 0.2) is 0 Å². The largest absolute Gasteiger partial charge is 0.355 e. The lowest BCUT2D eigenvalue weighted by Gasteiger charge is -2.40. The Hall–Kier alpha value is -2.51. The number of hydrogen-bond acceptors (Lipinski definition) is 5. The molecule has 0 N–H and O–H groups in total. The van der Waals surface area contributed by atoms with E-state index < -0.39 is 6.17 Å². The summed E-state index contributed by atoms with van der Waals surface area (Å²) in [6.45, 7) is 6.16. The molecular formula is C24H31FN6. The molecule has 2 aliphatic rings. The van der Waals surface area contributed by atoms with Crippen LogP contribution in [0.15, 0.2) is 42.7 Å². The SMILES string of the molecule is Cc1cccnc1[C@@H]1C[C@H](F)C[C@H](c2cn3c(N4CCN(C)CC4)cccc3n2)N1C. The number of pyridine rings is 2. The van der Waals surface area contributed by atoms with Crippen molar-refractivity contribution in [3.8, 4) is 0 Å². The molecule has 3 atom stereocenters. The lowest BCUT2D eigenvalue weighted by atomic mass is 9.90. The van der Waals surface area contributed by atoms with Gasteiger partial charge in [-0.2, -0.15) is 0 Å². The molecule has 6 nitrogen and oxygen atoms in total. The number of likely N-dealkylation sites (N-methyl/N-ethyl adjacent to an activating group) is 1. The van der Waals surface area contributed by atoms with Gasteiger partial charge >= 0.3 is 0 Å². The minimum absolute atomic E-state index is 0.0446. The average molecular weight is 423 g/mol. The molecule has 2 fully saturated rings. The second-order valence-electron chi connectivity index (χ2n) is 9.04. The Morgan fingerprint density at radius 2 is 1.74 bits per heavy atom. The third-order valence-corrected chi connectivity index (χ3v) is 6.96. The van der Waals surface area contributed by atoms with Gasteiger partial charge in [-0.3, -0.25) is 14.3 Å². The number of piperazine rings is 1. The Morgan fingerprint density at radius 3 is 2.52 bits per heavy atom. The van der Waals surface area contributed by atoms with Crippen molar-refractivity contribution in [2.75, 3.05) is 45.2 Å². The number of piperidine rings is 1. The standard InChI is InChI=1S/C24H31FN6/c1-17-6-5-9-26-24(17)21-15-18(25)14-20(29(21)3)19-16-31-22(27-19)7-4-8-23(31)30-12-10-28(2)11-13-30/h4-9,16,18,20-21H,10-15H2,1-3H3/t18-,20-,21+/m1/s1. The number of likely N-dealkylation sites (tertiary alicyclic amines) is 1. The van der Waals surface area contributed by atoms with Gasteiger partial charge in [-0.05, 0) is 57.6 Å². The molecule has 3 aromatic rings. The van der Waals surface area contributed by atoms with Gasteiger partial charge < -0.3 is 9.80 Å². The van der Waals surface area contributed by atoms with Crippen LogP contribution in [0, 0.1) is 6.92 Å². The second-order valence-corrected chi connectivity index (χ2v) is 9.04. The van der Waals surface area contributed by atoms with E-state index in [2.05, 4.69) is 69.5 Å². The Morgan fingerprint density at radius 1 is 0.968 bits per heavy atom. The number of hydrogen-bond donors (Lipinski definition) is 0. The zero-order valence-electron chi connectivity index (χ0n) is 18.6. The maximum absolute atomic E-state index is 14.9. The zero-order valence-corrected chi connectivity index (χ0v) is 18.6. The number of rotatable bonds is 3. The number of nitrogens with zero attached hydrogens (tertiary/aromatic N) is 6. The molecule has 0 bridgehead atoms. The topological polar surface area (TPSA) is 39.9 Å². The van der Waals surface area contributed by atoms with E-state index in [-0.39, 0.29) is 12.1 Å². The molecule has 5 heterocycles. The van der Waals surface area contributed by atoms with Crippen LogP contribution in [0.1, 0.15) is 41.9 Å². The second kappa shape index (κ2) is 8.20. The first kappa shape index (κ1) is 20.4. The zero-order chi connectivity index (χ0) is 21.5. The fourth-order valence-corrected chi connectivity index (χ4v) is 5.08. The molecule has 2 saturated heterocycles. The van der Waals surface area contributed by atoms with Crippen molar-refractivity contribution < 1.29 is 4.39 Å². The summed E-state index contributed by atoms with van der Waals surface area (Å²) in [5.74, 6) is 1.16. The first-order chi connectivity index (χ1) is 15.0. The van der Waals surface area contributed by atoms with Crippen molar-refractivity contribution in [3.05, 3.63) is 59.7 Å². The minimum atomic E-state index is -0.866. The minimum Gasteiger partial charge on any atom is -0.355 e. The molecule has 0 radical (unpaired) electrons. The number of anilines is 1. The van der Waals surface area contributed by atoms with Gasteiger partial charge in [0.25, 0.3) is 0 Å². The van der Waals surface area contributed by atoms with Crippen molar-refractivity contribution in [2.24, 2.45) is 0 Å². The summed E-state index contributed by atoms with van der Waals surface area (Å²) in [6.07, 6.45) is 4.00. The highest BCUT2D eigenvalue weighted by molar-refractivity contribution is 5.53.